The minimum absolute atomic E-state index is 0.0132. The topological polar surface area (TPSA) is 17.1 Å². The molecule has 0 radical (unpaired) electrons. The molecule has 7 heavy (non-hydrogen) atoms. The average molecular weight is 187 g/mol. The summed E-state index contributed by atoms with van der Waals surface area (Å²) in [7, 11) is 0. The molecule has 0 aliphatic heterocycles. The first kappa shape index (κ1) is 7.29. The Labute approximate surface area is 52.1 Å². The summed E-state index contributed by atoms with van der Waals surface area (Å²) in [5, 5.41) is 0. The maximum absolute atomic E-state index is 10.6. The summed E-state index contributed by atoms with van der Waals surface area (Å²) in [6.45, 7) is 3.89. The summed E-state index contributed by atoms with van der Waals surface area (Å²) in [5.74, 6) is 0.267. The Hall–Kier alpha value is 0.293. The van der Waals surface area contributed by atoms with E-state index in [2.05, 4.69) is 0 Å². The van der Waals surface area contributed by atoms with Crippen LogP contribution in [0.3, 0.4) is 0 Å². The molecule has 0 amide bonds. The van der Waals surface area contributed by atoms with Crippen molar-refractivity contribution in [2.24, 2.45) is 5.92 Å². The van der Waals surface area contributed by atoms with Gasteiger partial charge in [0.15, 0.2) is 0 Å². The van der Waals surface area contributed by atoms with Crippen LogP contribution in [0.15, 0.2) is 0 Å². The number of carbonyl (C=O) groups excluding carboxylic acids is 1. The van der Waals surface area contributed by atoms with Gasteiger partial charge in [-0.05, 0) is 0 Å². The van der Waals surface area contributed by atoms with Crippen LogP contribution in [-0.4, -0.2) is 4.38 Å². The van der Waals surface area contributed by atoms with Gasteiger partial charge in [-0.25, -0.2) is 0 Å². The van der Waals surface area contributed by atoms with E-state index in [1.54, 1.807) is 0 Å². The third kappa shape index (κ3) is 2.93. The third-order valence-electron chi connectivity index (χ3n) is 0.614. The molecule has 0 aromatic carbocycles. The molecule has 0 bridgehead atoms. The summed E-state index contributed by atoms with van der Waals surface area (Å²) in [4.78, 5) is 10.6. The Morgan fingerprint density at radius 2 is 2.00 bits per heavy atom. The van der Waals surface area contributed by atoms with Crippen LogP contribution in [0.4, 0.5) is 0 Å². The normalized spacial score (nSPS) is 10.3. The third-order valence-corrected chi connectivity index (χ3v) is 2.47. The zero-order chi connectivity index (χ0) is 5.86. The molecule has 0 saturated heterocycles. The van der Waals surface area contributed by atoms with Gasteiger partial charge in [0.05, 0.1) is 0 Å². The minimum atomic E-state index is 0.0132. The Kier molecular flexibility index (Phi) is 3.45. The molecule has 0 fully saturated rings. The van der Waals surface area contributed by atoms with Gasteiger partial charge in [-0.2, -0.15) is 0 Å². The SMILES string of the molecule is [CH3][Ru][C](=O)C(C)C. The Bertz CT molecular complexity index is 68.5. The van der Waals surface area contributed by atoms with E-state index in [1.807, 2.05) is 19.4 Å². The van der Waals surface area contributed by atoms with Gasteiger partial charge in [-0.15, -0.1) is 0 Å². The second kappa shape index (κ2) is 3.32. The summed E-state index contributed by atoms with van der Waals surface area (Å²) >= 11 is 0.0132. The molecule has 0 aromatic heterocycles. The first-order chi connectivity index (χ1) is 3.18. The fourth-order valence-corrected chi connectivity index (χ4v) is 1.21. The van der Waals surface area contributed by atoms with Gasteiger partial charge < -0.3 is 0 Å². The number of hydrogen-bond donors (Lipinski definition) is 0. The first-order valence-corrected chi connectivity index (χ1v) is 4.78. The standard InChI is InChI=1S/C4H7O.CH3.Ru/c1-4(2)3-5;;/h4H,1-2H3;1H3;. The van der Waals surface area contributed by atoms with Crippen molar-refractivity contribution in [3.05, 3.63) is 0 Å². The van der Waals surface area contributed by atoms with Crippen molar-refractivity contribution in [3.63, 3.8) is 0 Å². The van der Waals surface area contributed by atoms with Gasteiger partial charge >= 0.3 is 51.6 Å². The van der Waals surface area contributed by atoms with Gasteiger partial charge in [0, 0.05) is 0 Å². The molecule has 0 atom stereocenters. The van der Waals surface area contributed by atoms with E-state index in [1.165, 1.54) is 0 Å². The van der Waals surface area contributed by atoms with Gasteiger partial charge in [-0.3, -0.25) is 0 Å². The molecule has 0 heterocycles. The second-order valence-corrected chi connectivity index (χ2v) is 3.35. The van der Waals surface area contributed by atoms with Crippen molar-refractivity contribution in [3.8, 4) is 0 Å². The molecular formula is C5H10ORu. The summed E-state index contributed by atoms with van der Waals surface area (Å²) in [6.07, 6.45) is 0. The van der Waals surface area contributed by atoms with Crippen LogP contribution >= 0.6 is 0 Å². The van der Waals surface area contributed by atoms with E-state index < -0.39 is 0 Å². The zero-order valence-corrected chi connectivity index (χ0v) is 6.58. The van der Waals surface area contributed by atoms with Crippen LogP contribution in [0.1, 0.15) is 13.8 Å². The average Bonchev–Trinajstić information content (AvgIpc) is 1.65. The predicted molar refractivity (Wildman–Crippen MR) is 25.7 cm³/mol. The molecule has 0 N–H and O–H groups in total. The van der Waals surface area contributed by atoms with Gasteiger partial charge in [0.25, 0.3) is 0 Å². The van der Waals surface area contributed by atoms with Gasteiger partial charge in [0.1, 0.15) is 0 Å². The monoisotopic (exact) mass is 188 g/mol. The quantitative estimate of drug-likeness (QED) is 0.595. The Morgan fingerprint density at radius 3 is 2.00 bits per heavy atom. The molecule has 0 saturated carbocycles. The molecule has 2 heteroatoms. The van der Waals surface area contributed by atoms with Gasteiger partial charge in [-0.1, -0.05) is 0 Å². The van der Waals surface area contributed by atoms with E-state index in [4.69, 9.17) is 0 Å². The van der Waals surface area contributed by atoms with Crippen LogP contribution in [0, 0.1) is 5.92 Å². The van der Waals surface area contributed by atoms with E-state index >= 15 is 0 Å². The van der Waals surface area contributed by atoms with Gasteiger partial charge in [0.2, 0.25) is 0 Å². The number of rotatable bonds is 2. The Morgan fingerprint density at radius 1 is 1.57 bits per heavy atom. The Balaban J connectivity index is 3.35. The molecule has 0 unspecified atom stereocenters. The number of hydrogen-bond acceptors (Lipinski definition) is 1. The van der Waals surface area contributed by atoms with Crippen molar-refractivity contribution < 1.29 is 21.9 Å². The second-order valence-electron chi connectivity index (χ2n) is 1.62. The number of carbonyl (C=O) groups is 1. The fraction of sp³-hybridized carbons (Fsp3) is 0.800. The van der Waals surface area contributed by atoms with Crippen LogP contribution in [0.2, 0.25) is 5.52 Å². The molecule has 0 aliphatic rings. The molecule has 0 rings (SSSR count). The van der Waals surface area contributed by atoms with E-state index in [0.717, 1.165) is 0 Å². The summed E-state index contributed by atoms with van der Waals surface area (Å²) in [5.41, 5.74) is 1.98. The molecule has 0 spiro atoms. The van der Waals surface area contributed by atoms with Crippen molar-refractivity contribution in [2.75, 3.05) is 0 Å². The van der Waals surface area contributed by atoms with E-state index in [9.17, 15) is 4.79 Å². The van der Waals surface area contributed by atoms with Crippen molar-refractivity contribution in [2.45, 2.75) is 19.4 Å². The van der Waals surface area contributed by atoms with E-state index in [0.29, 0.717) is 4.38 Å². The van der Waals surface area contributed by atoms with Crippen molar-refractivity contribution in [1.82, 2.24) is 0 Å². The molecule has 1 nitrogen and oxygen atoms in total. The van der Waals surface area contributed by atoms with Crippen LogP contribution < -0.4 is 0 Å². The first-order valence-electron chi connectivity index (χ1n) is 2.18. The molecule has 0 aromatic rings. The molecule has 44 valence electrons. The molecule has 0 aliphatic carbocycles. The fourth-order valence-electron chi connectivity index (χ4n) is 0.204. The molecular weight excluding hydrogens is 177 g/mol. The van der Waals surface area contributed by atoms with Crippen LogP contribution in [0.25, 0.3) is 0 Å². The van der Waals surface area contributed by atoms with Crippen LogP contribution in [0.5, 0.6) is 0 Å². The predicted octanol–water partition coefficient (Wildman–Crippen LogP) is 1.30. The van der Waals surface area contributed by atoms with E-state index in [-0.39, 0.29) is 23.0 Å². The van der Waals surface area contributed by atoms with Crippen molar-refractivity contribution in [1.29, 1.82) is 0 Å². The maximum atomic E-state index is 10.6. The van der Waals surface area contributed by atoms with Crippen LogP contribution in [-0.2, 0) is 21.9 Å². The van der Waals surface area contributed by atoms with Crippen molar-refractivity contribution >= 4 is 4.38 Å². The summed E-state index contributed by atoms with van der Waals surface area (Å²) in [6, 6.07) is 0. The zero-order valence-electron chi connectivity index (χ0n) is 4.84. The summed E-state index contributed by atoms with van der Waals surface area (Å²) < 4.78 is 0.437.